The van der Waals surface area contributed by atoms with Gasteiger partial charge in [0.25, 0.3) is 6.29 Å². The molecule has 0 unspecified atom stereocenters. The van der Waals surface area contributed by atoms with Gasteiger partial charge in [0.15, 0.2) is 0 Å². The summed E-state index contributed by atoms with van der Waals surface area (Å²) < 4.78 is 20.6. The third-order valence-electron chi connectivity index (χ3n) is 3.94. The molecule has 0 aliphatic rings. The van der Waals surface area contributed by atoms with Crippen molar-refractivity contribution in [1.29, 1.82) is 0 Å². The van der Waals surface area contributed by atoms with Crippen molar-refractivity contribution in [3.8, 4) is 11.5 Å². The highest BCUT2D eigenvalue weighted by atomic mass is 17.3. The minimum Gasteiger partial charge on any atom is -0.497 e. The molecule has 0 N–H and O–H groups in total. The van der Waals surface area contributed by atoms with Crippen molar-refractivity contribution >= 4 is 11.9 Å². The fraction of sp³-hybridized carbons (Fsp3) is 0.364. The van der Waals surface area contributed by atoms with Gasteiger partial charge in [-0.2, -0.15) is 0 Å². The van der Waals surface area contributed by atoms with Crippen LogP contribution in [0.15, 0.2) is 48.5 Å². The maximum Gasteiger partial charge on any atom is 0.373 e. The number of ether oxygens (including phenoxy) is 4. The molecule has 174 valence electrons. The number of benzene rings is 2. The molecule has 0 aliphatic heterocycles. The van der Waals surface area contributed by atoms with Crippen LogP contribution in [0.5, 0.6) is 11.5 Å². The van der Waals surface area contributed by atoms with Crippen molar-refractivity contribution in [2.24, 2.45) is 0 Å². The summed E-state index contributed by atoms with van der Waals surface area (Å²) in [5.74, 6) is -0.400. The van der Waals surface area contributed by atoms with Gasteiger partial charge in [0.2, 0.25) is 0 Å². The van der Waals surface area contributed by atoms with Crippen LogP contribution in [-0.2, 0) is 29.0 Å². The highest BCUT2D eigenvalue weighted by Crippen LogP contribution is 2.14. The highest BCUT2D eigenvalue weighted by Gasteiger charge is 2.20. The molecule has 0 heterocycles. The van der Waals surface area contributed by atoms with Gasteiger partial charge in [0.1, 0.15) is 18.1 Å². The Morgan fingerprint density at radius 1 is 0.719 bits per heavy atom. The normalized spacial score (nSPS) is 10.6. The van der Waals surface area contributed by atoms with Crippen molar-refractivity contribution in [3.63, 3.8) is 0 Å². The number of hydrogen-bond donors (Lipinski definition) is 0. The van der Waals surface area contributed by atoms with Crippen LogP contribution in [0.3, 0.4) is 0 Å². The van der Waals surface area contributed by atoms with E-state index in [1.807, 2.05) is 6.92 Å². The van der Waals surface area contributed by atoms with E-state index in [-0.39, 0.29) is 24.3 Å². The third-order valence-corrected chi connectivity index (χ3v) is 3.94. The number of carbonyl (C=O) groups is 2. The Hall–Kier alpha value is -3.18. The summed E-state index contributed by atoms with van der Waals surface area (Å²) >= 11 is 0. The van der Waals surface area contributed by atoms with Crippen LogP contribution in [0.4, 0.5) is 0 Å². The van der Waals surface area contributed by atoms with Crippen LogP contribution >= 0.6 is 0 Å². The lowest BCUT2D eigenvalue weighted by Crippen LogP contribution is -2.27. The molecule has 0 bridgehead atoms. The van der Waals surface area contributed by atoms with Crippen LogP contribution in [0, 0.1) is 0 Å². The molecule has 0 amide bonds. The molecule has 0 aromatic heterocycles. The van der Waals surface area contributed by atoms with Gasteiger partial charge in [-0.05, 0) is 55.5 Å². The third kappa shape index (κ3) is 8.52. The molecular formula is C22H26O10. The number of methoxy groups -OCH3 is 2. The zero-order valence-corrected chi connectivity index (χ0v) is 18.1. The lowest BCUT2D eigenvalue weighted by molar-refractivity contribution is -0.427. The summed E-state index contributed by atoms with van der Waals surface area (Å²) in [6, 6.07) is 12.4. The molecule has 10 nitrogen and oxygen atoms in total. The first-order valence-electron chi connectivity index (χ1n) is 9.76. The first-order chi connectivity index (χ1) is 15.6. The van der Waals surface area contributed by atoms with Crippen LogP contribution in [0.1, 0.15) is 27.6 Å². The first kappa shape index (κ1) is 25.1. The second-order valence-electron chi connectivity index (χ2n) is 6.09. The molecule has 10 heteroatoms. The van der Waals surface area contributed by atoms with E-state index in [1.54, 1.807) is 24.3 Å². The minimum absolute atomic E-state index is 0.196. The lowest BCUT2D eigenvalue weighted by Gasteiger charge is -2.15. The average molecular weight is 450 g/mol. The van der Waals surface area contributed by atoms with Crippen molar-refractivity contribution in [2.45, 2.75) is 13.2 Å². The molecule has 0 radical (unpaired) electrons. The minimum atomic E-state index is -1.33. The molecule has 0 aliphatic carbocycles. The van der Waals surface area contributed by atoms with Gasteiger partial charge in [0, 0.05) is 6.61 Å². The summed E-state index contributed by atoms with van der Waals surface area (Å²) in [6.07, 6.45) is -1.33. The summed E-state index contributed by atoms with van der Waals surface area (Å²) in [5, 5.41) is 0. The van der Waals surface area contributed by atoms with Gasteiger partial charge in [-0.3, -0.25) is 9.78 Å². The van der Waals surface area contributed by atoms with E-state index < -0.39 is 18.2 Å². The quantitative estimate of drug-likeness (QED) is 0.184. The van der Waals surface area contributed by atoms with E-state index >= 15 is 0 Å². The molecule has 2 aromatic carbocycles. The Balaban J connectivity index is 1.89. The maximum absolute atomic E-state index is 12.2. The van der Waals surface area contributed by atoms with E-state index in [1.165, 1.54) is 38.5 Å². The van der Waals surface area contributed by atoms with Crippen molar-refractivity contribution < 1.29 is 48.1 Å². The van der Waals surface area contributed by atoms with Gasteiger partial charge in [0.05, 0.1) is 38.6 Å². The van der Waals surface area contributed by atoms with Crippen molar-refractivity contribution in [3.05, 3.63) is 59.7 Å². The van der Waals surface area contributed by atoms with E-state index in [2.05, 4.69) is 0 Å². The fourth-order valence-electron chi connectivity index (χ4n) is 2.26. The molecule has 0 atom stereocenters. The number of carbonyl (C=O) groups excluding carboxylic acids is 2. The maximum atomic E-state index is 12.2. The molecule has 0 spiro atoms. The predicted molar refractivity (Wildman–Crippen MR) is 110 cm³/mol. The Morgan fingerprint density at radius 2 is 1.16 bits per heavy atom. The molecule has 0 saturated heterocycles. The van der Waals surface area contributed by atoms with E-state index in [0.717, 1.165) is 0 Å². The second-order valence-corrected chi connectivity index (χ2v) is 6.09. The van der Waals surface area contributed by atoms with Crippen LogP contribution < -0.4 is 9.47 Å². The second kappa shape index (κ2) is 14.0. The van der Waals surface area contributed by atoms with Crippen LogP contribution in [-0.4, -0.2) is 58.9 Å². The monoisotopic (exact) mass is 450 g/mol. The van der Waals surface area contributed by atoms with Gasteiger partial charge in [-0.1, -0.05) is 0 Å². The van der Waals surface area contributed by atoms with Gasteiger partial charge >= 0.3 is 11.9 Å². The standard InChI is InChI=1S/C22H26O10/c1-4-27-13-14-28-15-20(29-31-21(23)16-5-9-18(25-2)10-6-16)30-32-22(24)17-7-11-19(26-3)12-8-17/h5-12,20H,4,13-15H2,1-3H3. The Kier molecular flexibility index (Phi) is 11.0. The molecule has 2 aromatic rings. The van der Waals surface area contributed by atoms with Crippen molar-refractivity contribution in [1.82, 2.24) is 0 Å². The molecule has 0 fully saturated rings. The first-order valence-corrected chi connectivity index (χ1v) is 9.76. The number of hydrogen-bond acceptors (Lipinski definition) is 10. The summed E-state index contributed by atoms with van der Waals surface area (Å²) in [7, 11) is 3.02. The van der Waals surface area contributed by atoms with E-state index in [9.17, 15) is 9.59 Å². The largest absolute Gasteiger partial charge is 0.497 e. The van der Waals surface area contributed by atoms with Crippen LogP contribution in [0.2, 0.25) is 0 Å². The van der Waals surface area contributed by atoms with Gasteiger partial charge < -0.3 is 18.9 Å². The average Bonchev–Trinajstić information content (AvgIpc) is 2.84. The molecule has 0 saturated carbocycles. The molecule has 2 rings (SSSR count). The smallest absolute Gasteiger partial charge is 0.373 e. The summed E-state index contributed by atoms with van der Waals surface area (Å²) in [6.45, 7) is 2.78. The van der Waals surface area contributed by atoms with Gasteiger partial charge in [-0.25, -0.2) is 9.59 Å². The van der Waals surface area contributed by atoms with Gasteiger partial charge in [-0.15, -0.1) is 9.78 Å². The Labute approximate surface area is 185 Å². The predicted octanol–water partition coefficient (Wildman–Crippen LogP) is 2.96. The van der Waals surface area contributed by atoms with E-state index in [4.69, 9.17) is 38.5 Å². The zero-order valence-electron chi connectivity index (χ0n) is 18.1. The van der Waals surface area contributed by atoms with E-state index in [0.29, 0.717) is 24.7 Å². The molecular weight excluding hydrogens is 424 g/mol. The Bertz CT molecular complexity index is 756. The lowest BCUT2D eigenvalue weighted by atomic mass is 10.2. The summed E-state index contributed by atoms with van der Waals surface area (Å²) in [4.78, 5) is 43.8. The molecule has 32 heavy (non-hydrogen) atoms. The SMILES string of the molecule is CCOCCOCC(OOC(=O)c1ccc(OC)cc1)OOC(=O)c1ccc(OC)cc1. The summed E-state index contributed by atoms with van der Waals surface area (Å²) in [5.41, 5.74) is 0.439. The van der Waals surface area contributed by atoms with Crippen LogP contribution in [0.25, 0.3) is 0 Å². The Morgan fingerprint density at radius 3 is 1.56 bits per heavy atom. The van der Waals surface area contributed by atoms with Crippen molar-refractivity contribution in [2.75, 3.05) is 40.6 Å². The topological polar surface area (TPSA) is 108 Å². The highest BCUT2D eigenvalue weighted by molar-refractivity contribution is 5.89. The fourth-order valence-corrected chi connectivity index (χ4v) is 2.26. The zero-order chi connectivity index (χ0) is 23.2. The number of rotatable bonds is 14.